The molecule has 0 heterocycles. The molecule has 0 saturated carbocycles. The van der Waals surface area contributed by atoms with Gasteiger partial charge >= 0.3 is 8.68 Å². The highest BCUT2D eigenvalue weighted by Gasteiger charge is 2.20. The fourth-order valence-electron chi connectivity index (χ4n) is 1.38. The van der Waals surface area contributed by atoms with Gasteiger partial charge in [0, 0.05) is 8.95 Å². The summed E-state index contributed by atoms with van der Waals surface area (Å²) in [6.45, 7) is 7.54. The van der Waals surface area contributed by atoms with E-state index in [2.05, 4.69) is 31.9 Å². The maximum Gasteiger partial charge on any atom is 1.00 e. The second-order valence-corrected chi connectivity index (χ2v) is 6.70. The molecular weight excluding hydrogens is 470 g/mol. The Hall–Kier alpha value is -0.885. The lowest BCUT2D eigenvalue weighted by atomic mass is 10.2. The summed E-state index contributed by atoms with van der Waals surface area (Å²) in [6.07, 6.45) is 0. The van der Waals surface area contributed by atoms with Gasteiger partial charge in [-0.15, -0.1) is 0 Å². The molecular formula is C17H22BBr2F5. The zero-order valence-electron chi connectivity index (χ0n) is 15.5. The molecule has 0 fully saturated rings. The molecule has 2 rings (SSSR count). The Morgan fingerprint density at radius 1 is 0.880 bits per heavy atom. The lowest BCUT2D eigenvalue weighted by Crippen LogP contribution is -2.02. The van der Waals surface area contributed by atoms with Gasteiger partial charge in [-0.3, -0.25) is 0 Å². The van der Waals surface area contributed by atoms with Crippen LogP contribution in [0.1, 0.15) is 32.5 Å². The highest BCUT2D eigenvalue weighted by Crippen LogP contribution is 2.19. The number of rotatable bonds is 0. The van der Waals surface area contributed by atoms with E-state index in [4.69, 9.17) is 1.37 Å². The van der Waals surface area contributed by atoms with Gasteiger partial charge in [-0.25, -0.2) is 4.39 Å². The molecule has 0 aromatic heterocycles. The lowest BCUT2D eigenvalue weighted by molar-refractivity contribution is 0.368. The fraction of sp³-hybridized carbons (Fsp3) is 0.294. The van der Waals surface area contributed by atoms with Gasteiger partial charge in [-0.05, 0) is 68.1 Å². The van der Waals surface area contributed by atoms with Crippen LogP contribution in [-0.2, 0) is 0 Å². The van der Waals surface area contributed by atoms with E-state index in [1.165, 1.54) is 6.07 Å². The van der Waals surface area contributed by atoms with Crippen molar-refractivity contribution in [2.75, 3.05) is 0 Å². The van der Waals surface area contributed by atoms with Crippen LogP contribution in [0.25, 0.3) is 0 Å². The summed E-state index contributed by atoms with van der Waals surface area (Å²) in [4.78, 5) is 0. The standard InChI is InChI=1S/C8H8BrF.C8H9Br.CH4.BF4/c1-5-4-8(10)6(2)3-7(5)9;1-6-3-4-7(2)8(9)5-6;;2-1(3,4)5/h3-4H,1-2H3;3-5H,1-2H3;1H4;/q;;;-1/p+1/i;3T;;/hT. The molecule has 0 bridgehead atoms. The second-order valence-electron chi connectivity index (χ2n) is 4.99. The summed E-state index contributed by atoms with van der Waals surface area (Å²) in [6, 6.07) is 7.75. The SMILES string of the molecule is C.Cc1cc(Br)c(C)cc1F.F[B-](F)(F)F.[3H+].[3H]c1cc(C)c(Br)cc1C. The minimum absolute atomic E-state index is 0. The number of aryl methyl sites for hydroxylation is 4. The van der Waals surface area contributed by atoms with Crippen LogP contribution < -0.4 is 0 Å². The molecule has 8 heteroatoms. The molecule has 0 aliphatic carbocycles. The average Bonchev–Trinajstić information content (AvgIpc) is 2.42. The van der Waals surface area contributed by atoms with Gasteiger partial charge in [0.15, 0.2) is 0 Å². The van der Waals surface area contributed by atoms with Crippen LogP contribution in [0, 0.1) is 33.5 Å². The number of benzene rings is 2. The third-order valence-corrected chi connectivity index (χ3v) is 4.38. The van der Waals surface area contributed by atoms with Crippen molar-refractivity contribution in [2.45, 2.75) is 35.1 Å². The van der Waals surface area contributed by atoms with E-state index >= 15 is 0 Å². The molecule has 0 aliphatic rings. The molecule has 0 nitrogen and oxygen atoms in total. The first-order valence-corrected chi connectivity index (χ1v) is 8.34. The summed E-state index contributed by atoms with van der Waals surface area (Å²) >= 11 is 6.71. The first-order chi connectivity index (χ1) is 11.2. The highest BCUT2D eigenvalue weighted by atomic mass is 79.9. The summed E-state index contributed by atoms with van der Waals surface area (Å²) in [5.41, 5.74) is 3.74. The molecule has 2 aromatic rings. The molecule has 0 N–H and O–H groups in total. The summed E-state index contributed by atoms with van der Waals surface area (Å²) < 4.78 is 61.2. The van der Waals surface area contributed by atoms with Gasteiger partial charge in [0.05, 0.1) is 1.37 Å². The Labute approximate surface area is 166 Å². The summed E-state index contributed by atoms with van der Waals surface area (Å²) in [5.74, 6) is -0.138. The second kappa shape index (κ2) is 11.7. The molecule has 0 aliphatic heterocycles. The number of halogens is 7. The van der Waals surface area contributed by atoms with Crippen LogP contribution in [0.3, 0.4) is 0 Å². The minimum Gasteiger partial charge on any atom is -0.418 e. The molecule has 0 radical (unpaired) electrons. The Morgan fingerprint density at radius 3 is 1.72 bits per heavy atom. The average molecular weight is 496 g/mol. The number of hydrogen-bond donors (Lipinski definition) is 0. The van der Waals surface area contributed by atoms with Crippen LogP contribution in [0.2, 0.25) is 0 Å². The van der Waals surface area contributed by atoms with Crippen LogP contribution in [-0.4, -0.2) is 7.25 Å². The largest absolute Gasteiger partial charge is 1.00 e. The molecule has 0 atom stereocenters. The van der Waals surface area contributed by atoms with Gasteiger partial charge in [-0.1, -0.05) is 51.4 Å². The minimum atomic E-state index is -6.00. The highest BCUT2D eigenvalue weighted by molar-refractivity contribution is 9.10. The van der Waals surface area contributed by atoms with Gasteiger partial charge < -0.3 is 17.3 Å². The van der Waals surface area contributed by atoms with E-state index in [1.807, 2.05) is 32.9 Å². The quantitative estimate of drug-likeness (QED) is 0.254. The molecule has 0 saturated heterocycles. The first-order valence-electron chi connectivity index (χ1n) is 7.25. The number of hydrogen-bond acceptors (Lipinski definition) is 0. The first kappa shape index (κ1) is 24.1. The van der Waals surface area contributed by atoms with Crippen molar-refractivity contribution < 1.29 is 24.5 Å². The monoisotopic (exact) mass is 494 g/mol. The van der Waals surface area contributed by atoms with Crippen molar-refractivity contribution in [2.24, 2.45) is 0 Å². The van der Waals surface area contributed by atoms with Crippen molar-refractivity contribution in [3.8, 4) is 0 Å². The zero-order chi connectivity index (χ0) is 19.9. The van der Waals surface area contributed by atoms with Crippen LogP contribution in [0.5, 0.6) is 0 Å². The maximum absolute atomic E-state index is 12.7. The van der Waals surface area contributed by atoms with Gasteiger partial charge in [0.1, 0.15) is 5.82 Å². The van der Waals surface area contributed by atoms with Crippen LogP contribution in [0.15, 0.2) is 39.3 Å². The van der Waals surface area contributed by atoms with Gasteiger partial charge in [0.2, 0.25) is 0 Å². The van der Waals surface area contributed by atoms with E-state index in [-0.39, 0.29) is 14.7 Å². The molecule has 0 amide bonds. The van der Waals surface area contributed by atoms with Crippen LogP contribution in [0.4, 0.5) is 21.7 Å². The van der Waals surface area contributed by atoms with Gasteiger partial charge in [0.25, 0.3) is 0 Å². The van der Waals surface area contributed by atoms with Crippen molar-refractivity contribution in [1.82, 2.24) is 0 Å². The Balaban J connectivity index is -0.000000326. The maximum atomic E-state index is 12.7. The lowest BCUT2D eigenvalue weighted by Gasteiger charge is -1.99. The normalized spacial score (nSPS) is 10.4. The molecule has 2 aromatic carbocycles. The van der Waals surface area contributed by atoms with E-state index < -0.39 is 7.25 Å². The van der Waals surface area contributed by atoms with E-state index in [1.54, 1.807) is 13.0 Å². The van der Waals surface area contributed by atoms with E-state index in [0.29, 0.717) is 11.6 Å². The van der Waals surface area contributed by atoms with Crippen LogP contribution >= 0.6 is 31.9 Å². The predicted molar refractivity (Wildman–Crippen MR) is 105 cm³/mol. The molecule has 0 unspecified atom stereocenters. The Kier molecular flexibility index (Phi) is 11.3. The van der Waals surface area contributed by atoms with Crippen molar-refractivity contribution >= 4 is 39.1 Å². The van der Waals surface area contributed by atoms with Crippen molar-refractivity contribution in [3.63, 3.8) is 0 Å². The Morgan fingerprint density at radius 2 is 1.32 bits per heavy atom. The van der Waals surface area contributed by atoms with E-state index in [9.17, 15) is 21.7 Å². The summed E-state index contributed by atoms with van der Waals surface area (Å²) in [7, 11) is -6.00. The third kappa shape index (κ3) is 13.0. The topological polar surface area (TPSA) is 0 Å². The van der Waals surface area contributed by atoms with Crippen molar-refractivity contribution in [3.05, 3.63) is 67.3 Å². The van der Waals surface area contributed by atoms with Gasteiger partial charge in [-0.2, -0.15) is 0 Å². The predicted octanol–water partition coefficient (Wildman–Crippen LogP) is 8.32. The smallest absolute Gasteiger partial charge is 0.418 e. The third-order valence-electron chi connectivity index (χ3n) is 2.68. The molecule has 142 valence electrons. The van der Waals surface area contributed by atoms with Crippen molar-refractivity contribution in [1.29, 1.82) is 0 Å². The van der Waals surface area contributed by atoms with E-state index in [0.717, 1.165) is 25.6 Å². The summed E-state index contributed by atoms with van der Waals surface area (Å²) in [5, 5.41) is 0. The molecule has 0 spiro atoms. The zero-order valence-corrected chi connectivity index (χ0v) is 16.7. The fourth-order valence-corrected chi connectivity index (χ4v) is 2.30. The Bertz CT molecular complexity index is 563. The molecule has 25 heavy (non-hydrogen) atoms.